The van der Waals surface area contributed by atoms with Crippen LogP contribution in [-0.4, -0.2) is 7.11 Å². The Labute approximate surface area is 106 Å². The molecule has 0 saturated heterocycles. The molecule has 2 rings (SSSR count). The molecule has 2 aromatic rings. The molecule has 0 aliphatic carbocycles. The number of hydrogen-bond donors (Lipinski definition) is 1. The van der Waals surface area contributed by atoms with Crippen molar-refractivity contribution in [2.75, 3.05) is 12.4 Å². The van der Waals surface area contributed by atoms with Crippen molar-refractivity contribution in [3.05, 3.63) is 53.0 Å². The molecule has 18 heavy (non-hydrogen) atoms. The number of rotatable bonds is 3. The van der Waals surface area contributed by atoms with Gasteiger partial charge in [0.25, 0.3) is 0 Å². The highest BCUT2D eigenvalue weighted by atomic mass is 16.5. The summed E-state index contributed by atoms with van der Waals surface area (Å²) >= 11 is 0. The molecule has 2 aromatic carbocycles. The van der Waals surface area contributed by atoms with Gasteiger partial charge in [-0.3, -0.25) is 0 Å². The first-order valence-electron chi connectivity index (χ1n) is 5.60. The van der Waals surface area contributed by atoms with Crippen LogP contribution in [0.15, 0.2) is 42.5 Å². The molecule has 0 atom stereocenters. The minimum absolute atomic E-state index is 0.525. The molecule has 0 fully saturated rings. The van der Waals surface area contributed by atoms with Gasteiger partial charge in [0, 0.05) is 17.8 Å². The van der Waals surface area contributed by atoms with Crippen molar-refractivity contribution in [1.29, 1.82) is 5.39 Å². The number of hydrogen-bond acceptors (Lipinski definition) is 3. The Kier molecular flexibility index (Phi) is 3.44. The molecule has 1 N–H and O–H groups in total. The second kappa shape index (κ2) is 5.19. The lowest BCUT2D eigenvalue weighted by Gasteiger charge is -2.11. The van der Waals surface area contributed by atoms with Crippen LogP contribution in [-0.2, 0) is 0 Å². The molecule has 0 unspecified atom stereocenters. The standard InChI is InChI=1S/C14H14N3O/c1-10-3-8-14(18-2)13(9-10)16-11-4-6-12(17-15)7-5-11/h3-9,16H,1-2H3/q+1. The molecule has 0 heterocycles. The number of ether oxygens (including phenoxy) is 1. The Hall–Kier alpha value is -2.54. The minimum Gasteiger partial charge on any atom is -0.495 e. The summed E-state index contributed by atoms with van der Waals surface area (Å²) in [5.41, 5.74) is 3.49. The van der Waals surface area contributed by atoms with E-state index < -0.39 is 0 Å². The van der Waals surface area contributed by atoms with Gasteiger partial charge in [-0.25, -0.2) is 0 Å². The van der Waals surface area contributed by atoms with E-state index >= 15 is 0 Å². The lowest BCUT2D eigenvalue weighted by Crippen LogP contribution is -1.94. The highest BCUT2D eigenvalue weighted by Crippen LogP contribution is 2.29. The fraction of sp³-hybridized carbons (Fsp3) is 0.143. The van der Waals surface area contributed by atoms with Crippen LogP contribution in [0.5, 0.6) is 5.75 Å². The third-order valence-corrected chi connectivity index (χ3v) is 2.62. The fourth-order valence-electron chi connectivity index (χ4n) is 1.69. The zero-order chi connectivity index (χ0) is 13.0. The second-order valence-corrected chi connectivity index (χ2v) is 3.98. The van der Waals surface area contributed by atoms with Gasteiger partial charge >= 0.3 is 5.69 Å². The normalized spacial score (nSPS) is 9.61. The Morgan fingerprint density at radius 3 is 2.44 bits per heavy atom. The number of benzene rings is 2. The first-order chi connectivity index (χ1) is 8.72. The molecule has 4 heteroatoms. The van der Waals surface area contributed by atoms with Gasteiger partial charge < -0.3 is 10.1 Å². The summed E-state index contributed by atoms with van der Waals surface area (Å²) in [6.07, 6.45) is 0. The van der Waals surface area contributed by atoms with Crippen molar-refractivity contribution in [3.8, 4) is 5.75 Å². The molecular weight excluding hydrogens is 226 g/mol. The number of diazo groups is 1. The lowest BCUT2D eigenvalue weighted by atomic mass is 10.2. The highest BCUT2D eigenvalue weighted by Gasteiger charge is 2.06. The van der Waals surface area contributed by atoms with Crippen molar-refractivity contribution in [3.63, 3.8) is 0 Å². The van der Waals surface area contributed by atoms with Gasteiger partial charge in [-0.05, 0) is 36.8 Å². The van der Waals surface area contributed by atoms with Crippen molar-refractivity contribution in [1.82, 2.24) is 0 Å². The molecular formula is C14H14N3O+. The summed E-state index contributed by atoms with van der Waals surface area (Å²) in [6.45, 7) is 2.03. The van der Waals surface area contributed by atoms with Crippen molar-refractivity contribution < 1.29 is 4.74 Å². The van der Waals surface area contributed by atoms with E-state index in [1.54, 1.807) is 19.2 Å². The number of aryl methyl sites for hydroxylation is 1. The predicted molar refractivity (Wildman–Crippen MR) is 72.2 cm³/mol. The van der Waals surface area contributed by atoms with Crippen molar-refractivity contribution in [2.45, 2.75) is 6.92 Å². The van der Waals surface area contributed by atoms with Gasteiger partial charge in [-0.1, -0.05) is 6.07 Å². The van der Waals surface area contributed by atoms with Gasteiger partial charge in [0.2, 0.25) is 5.39 Å². The van der Waals surface area contributed by atoms with E-state index in [1.165, 1.54) is 0 Å². The van der Waals surface area contributed by atoms with Crippen molar-refractivity contribution in [2.24, 2.45) is 0 Å². The van der Waals surface area contributed by atoms with Crippen LogP contribution in [0, 0.1) is 12.3 Å². The van der Waals surface area contributed by atoms with Gasteiger partial charge in [0.1, 0.15) is 5.75 Å². The number of nitrogens with zero attached hydrogens (tertiary/aromatic N) is 2. The summed E-state index contributed by atoms with van der Waals surface area (Å²) in [6, 6.07) is 13.1. The molecule has 90 valence electrons. The van der Waals surface area contributed by atoms with Gasteiger partial charge in [0.15, 0.2) is 4.98 Å². The van der Waals surface area contributed by atoms with E-state index in [2.05, 4.69) is 10.3 Å². The summed E-state index contributed by atoms with van der Waals surface area (Å²) < 4.78 is 5.30. The molecule has 0 aliphatic rings. The van der Waals surface area contributed by atoms with Crippen LogP contribution in [0.2, 0.25) is 0 Å². The van der Waals surface area contributed by atoms with E-state index in [4.69, 9.17) is 10.1 Å². The third-order valence-electron chi connectivity index (χ3n) is 2.62. The first kappa shape index (κ1) is 11.9. The molecule has 0 saturated carbocycles. The molecule has 0 bridgehead atoms. The maximum Gasteiger partial charge on any atom is 0.385 e. The number of anilines is 2. The van der Waals surface area contributed by atoms with E-state index in [1.807, 2.05) is 37.3 Å². The number of methoxy groups -OCH3 is 1. The number of nitrogens with one attached hydrogen (secondary N) is 1. The van der Waals surface area contributed by atoms with E-state index in [0.29, 0.717) is 5.69 Å². The monoisotopic (exact) mass is 240 g/mol. The van der Waals surface area contributed by atoms with Crippen LogP contribution in [0.25, 0.3) is 4.98 Å². The first-order valence-corrected chi connectivity index (χ1v) is 5.60. The summed E-state index contributed by atoms with van der Waals surface area (Å²) in [7, 11) is 1.64. The molecule has 0 radical (unpaired) electrons. The molecule has 0 amide bonds. The maximum absolute atomic E-state index is 8.62. The molecule has 4 nitrogen and oxygen atoms in total. The topological polar surface area (TPSA) is 49.4 Å². The molecule has 0 aliphatic heterocycles. The van der Waals surface area contributed by atoms with Crippen LogP contribution in [0.3, 0.4) is 0 Å². The largest absolute Gasteiger partial charge is 0.495 e. The van der Waals surface area contributed by atoms with Crippen LogP contribution < -0.4 is 10.1 Å². The average Bonchev–Trinajstić information content (AvgIpc) is 2.40. The van der Waals surface area contributed by atoms with E-state index in [-0.39, 0.29) is 0 Å². The summed E-state index contributed by atoms with van der Waals surface area (Å²) in [4.78, 5) is 3.11. The Balaban J connectivity index is 2.27. The van der Waals surface area contributed by atoms with Crippen LogP contribution in [0.1, 0.15) is 5.56 Å². The third kappa shape index (κ3) is 2.58. The summed E-state index contributed by atoms with van der Waals surface area (Å²) in [5, 5.41) is 11.9. The quantitative estimate of drug-likeness (QED) is 0.816. The SMILES string of the molecule is COc1ccc(C)cc1Nc1ccc([N+]#N)cc1. The highest BCUT2D eigenvalue weighted by molar-refractivity contribution is 5.68. The Morgan fingerprint density at radius 1 is 1.11 bits per heavy atom. The second-order valence-electron chi connectivity index (χ2n) is 3.98. The van der Waals surface area contributed by atoms with E-state index in [0.717, 1.165) is 22.7 Å². The minimum atomic E-state index is 0.525. The molecule has 0 spiro atoms. The fourth-order valence-corrected chi connectivity index (χ4v) is 1.69. The van der Waals surface area contributed by atoms with Gasteiger partial charge in [0.05, 0.1) is 12.8 Å². The Morgan fingerprint density at radius 2 is 1.83 bits per heavy atom. The average molecular weight is 240 g/mol. The smallest absolute Gasteiger partial charge is 0.385 e. The Bertz CT molecular complexity index is 585. The predicted octanol–water partition coefficient (Wildman–Crippen LogP) is 4.23. The van der Waals surface area contributed by atoms with Crippen molar-refractivity contribution >= 4 is 17.1 Å². The summed E-state index contributed by atoms with van der Waals surface area (Å²) in [5.74, 6) is 0.788. The molecule has 0 aromatic heterocycles. The van der Waals surface area contributed by atoms with Gasteiger partial charge in [-0.15, -0.1) is 0 Å². The van der Waals surface area contributed by atoms with Crippen LogP contribution in [0.4, 0.5) is 17.1 Å². The zero-order valence-corrected chi connectivity index (χ0v) is 10.3. The van der Waals surface area contributed by atoms with Crippen LogP contribution >= 0.6 is 0 Å². The van der Waals surface area contributed by atoms with Gasteiger partial charge in [-0.2, -0.15) is 0 Å². The lowest BCUT2D eigenvalue weighted by molar-refractivity contribution is 0.416. The van der Waals surface area contributed by atoms with E-state index in [9.17, 15) is 0 Å². The zero-order valence-electron chi connectivity index (χ0n) is 10.3. The maximum atomic E-state index is 8.62.